The molecule has 1 saturated heterocycles. The summed E-state index contributed by atoms with van der Waals surface area (Å²) in [5.74, 6) is -1.96. The zero-order valence-corrected chi connectivity index (χ0v) is 18.2. The zero-order valence-electron chi connectivity index (χ0n) is 18.2. The first-order valence-electron chi connectivity index (χ1n) is 10.7. The van der Waals surface area contributed by atoms with Crippen LogP contribution in [0.5, 0.6) is 0 Å². The molecule has 2 atom stereocenters. The summed E-state index contributed by atoms with van der Waals surface area (Å²) in [6.45, 7) is -0.240. The first kappa shape index (κ1) is 22.8. The Bertz CT molecular complexity index is 1030. The number of carboxylic acids is 1. The molecule has 0 radical (unpaired) electrons. The lowest BCUT2D eigenvalue weighted by Gasteiger charge is -2.24. The molecule has 0 aromatic heterocycles. The third kappa shape index (κ3) is 4.42. The van der Waals surface area contributed by atoms with Gasteiger partial charge in [0, 0.05) is 26.0 Å². The Hall–Kier alpha value is -3.43. The van der Waals surface area contributed by atoms with Crippen LogP contribution in [0.25, 0.3) is 11.1 Å². The number of hydrogen-bond donors (Lipinski definition) is 3. The van der Waals surface area contributed by atoms with Gasteiger partial charge in [0.2, 0.25) is 0 Å². The number of nitrogens with zero attached hydrogens (tertiary/aromatic N) is 1. The topological polar surface area (TPSA) is 125 Å². The number of nitrogens with one attached hydrogen (secondary N) is 1. The van der Waals surface area contributed by atoms with Gasteiger partial charge in [-0.3, -0.25) is 4.79 Å². The minimum absolute atomic E-state index is 0.0652. The van der Waals surface area contributed by atoms with Crippen molar-refractivity contribution in [1.29, 1.82) is 0 Å². The molecule has 2 aromatic rings. The smallest absolute Gasteiger partial charge is 0.407 e. The molecule has 9 nitrogen and oxygen atoms in total. The van der Waals surface area contributed by atoms with E-state index in [1.165, 1.54) is 12.0 Å². The van der Waals surface area contributed by atoms with Crippen molar-refractivity contribution in [3.8, 4) is 11.1 Å². The number of likely N-dealkylation sites (tertiary alicyclic amines) is 1. The Labute approximate surface area is 190 Å². The van der Waals surface area contributed by atoms with Gasteiger partial charge in [-0.1, -0.05) is 48.5 Å². The molecule has 0 saturated carbocycles. The van der Waals surface area contributed by atoms with Crippen molar-refractivity contribution in [2.75, 3.05) is 33.4 Å². The van der Waals surface area contributed by atoms with Crippen molar-refractivity contribution in [1.82, 2.24) is 10.2 Å². The van der Waals surface area contributed by atoms with Crippen LogP contribution in [0.1, 0.15) is 23.5 Å². The van der Waals surface area contributed by atoms with Crippen LogP contribution in [0, 0.1) is 0 Å². The quantitative estimate of drug-likeness (QED) is 0.580. The third-order valence-electron chi connectivity index (χ3n) is 6.29. The van der Waals surface area contributed by atoms with Crippen molar-refractivity contribution in [3.05, 3.63) is 59.7 Å². The number of benzene rings is 2. The number of β-amino-alcohol motifs (C(OH)–C–C–N with tert-alkyl or cyclic N) is 1. The fourth-order valence-corrected chi connectivity index (χ4v) is 4.46. The van der Waals surface area contributed by atoms with E-state index in [0.717, 1.165) is 22.3 Å². The minimum Gasteiger partial charge on any atom is -0.479 e. The number of hydrogen-bond acceptors (Lipinski definition) is 6. The van der Waals surface area contributed by atoms with Crippen molar-refractivity contribution in [3.63, 3.8) is 0 Å². The van der Waals surface area contributed by atoms with Crippen LogP contribution in [0.2, 0.25) is 0 Å². The lowest BCUT2D eigenvalue weighted by molar-refractivity contribution is -0.157. The normalized spacial score (nSPS) is 20.1. The first-order valence-corrected chi connectivity index (χ1v) is 10.7. The molecule has 0 bridgehead atoms. The predicted octanol–water partition coefficient (Wildman–Crippen LogP) is 1.59. The van der Waals surface area contributed by atoms with Crippen LogP contribution in [-0.4, -0.2) is 78.1 Å². The number of ether oxygens (including phenoxy) is 2. The number of amides is 2. The molecule has 2 aromatic carbocycles. The standard InChI is InChI=1S/C24H26N2O7/c1-32-20(21(27)26-11-10-24(31,14-26)22(28)29)12-25-23(30)33-13-19-17-8-4-2-6-15(17)16-7-3-5-9-18(16)19/h2-9,19-20,31H,10-14H2,1H3,(H,25,30)(H,28,29). The zero-order chi connectivity index (χ0) is 23.6. The summed E-state index contributed by atoms with van der Waals surface area (Å²) >= 11 is 0. The lowest BCUT2D eigenvalue weighted by Crippen LogP contribution is -2.48. The van der Waals surface area contributed by atoms with Crippen LogP contribution >= 0.6 is 0 Å². The average molecular weight is 454 g/mol. The fraction of sp³-hybridized carbons (Fsp3) is 0.375. The summed E-state index contributed by atoms with van der Waals surface area (Å²) in [5.41, 5.74) is 2.47. The van der Waals surface area contributed by atoms with Gasteiger partial charge in [-0.2, -0.15) is 0 Å². The van der Waals surface area contributed by atoms with Gasteiger partial charge < -0.3 is 29.9 Å². The van der Waals surface area contributed by atoms with Gasteiger partial charge in [0.15, 0.2) is 11.7 Å². The Kier molecular flexibility index (Phi) is 6.35. The number of carbonyl (C=O) groups is 3. The number of carbonyl (C=O) groups excluding carboxylic acids is 2. The van der Waals surface area contributed by atoms with E-state index in [2.05, 4.69) is 5.32 Å². The highest BCUT2D eigenvalue weighted by Gasteiger charge is 2.45. The number of methoxy groups -OCH3 is 1. The number of carboxylic acid groups (broad SMARTS) is 1. The number of aliphatic carboxylic acids is 1. The van der Waals surface area contributed by atoms with Gasteiger partial charge in [0.25, 0.3) is 5.91 Å². The second-order valence-electron chi connectivity index (χ2n) is 8.28. The molecule has 1 fully saturated rings. The lowest BCUT2D eigenvalue weighted by atomic mass is 9.98. The molecule has 1 heterocycles. The number of aliphatic hydroxyl groups is 1. The number of rotatable bonds is 7. The maximum Gasteiger partial charge on any atom is 0.407 e. The Morgan fingerprint density at radius 3 is 2.27 bits per heavy atom. The molecule has 2 aliphatic rings. The van der Waals surface area contributed by atoms with Crippen molar-refractivity contribution in [2.45, 2.75) is 24.0 Å². The van der Waals surface area contributed by atoms with E-state index >= 15 is 0 Å². The highest BCUT2D eigenvalue weighted by molar-refractivity contribution is 5.85. The molecular formula is C24H26N2O7. The molecule has 1 aliphatic heterocycles. The summed E-state index contributed by atoms with van der Waals surface area (Å²) in [7, 11) is 1.32. The van der Waals surface area contributed by atoms with Gasteiger partial charge in [-0.15, -0.1) is 0 Å². The summed E-state index contributed by atoms with van der Waals surface area (Å²) in [4.78, 5) is 37.4. The van der Waals surface area contributed by atoms with E-state index in [1.807, 2.05) is 48.5 Å². The van der Waals surface area contributed by atoms with Crippen LogP contribution in [-0.2, 0) is 19.1 Å². The third-order valence-corrected chi connectivity index (χ3v) is 6.29. The van der Waals surface area contributed by atoms with Crippen molar-refractivity contribution in [2.24, 2.45) is 0 Å². The van der Waals surface area contributed by atoms with E-state index < -0.39 is 29.7 Å². The van der Waals surface area contributed by atoms with E-state index in [4.69, 9.17) is 14.6 Å². The van der Waals surface area contributed by atoms with Crippen molar-refractivity contribution < 1.29 is 34.1 Å². The van der Waals surface area contributed by atoms with Gasteiger partial charge >= 0.3 is 12.1 Å². The SMILES string of the molecule is COC(CNC(=O)OCC1c2ccccc2-c2ccccc21)C(=O)N1CCC(O)(C(=O)O)C1. The van der Waals surface area contributed by atoms with E-state index in [0.29, 0.717) is 0 Å². The maximum atomic E-state index is 12.6. The van der Waals surface area contributed by atoms with Gasteiger partial charge in [0.05, 0.1) is 13.1 Å². The van der Waals surface area contributed by atoms with Crippen LogP contribution in [0.4, 0.5) is 4.79 Å². The second kappa shape index (κ2) is 9.21. The summed E-state index contributed by atoms with van der Waals surface area (Å²) in [5, 5.41) is 21.7. The molecule has 3 N–H and O–H groups in total. The van der Waals surface area contributed by atoms with Crippen molar-refractivity contribution >= 4 is 18.0 Å². The average Bonchev–Trinajstić information content (AvgIpc) is 3.37. The highest BCUT2D eigenvalue weighted by atomic mass is 16.5. The largest absolute Gasteiger partial charge is 0.479 e. The molecule has 33 heavy (non-hydrogen) atoms. The van der Waals surface area contributed by atoms with Crippen LogP contribution in [0.15, 0.2) is 48.5 Å². The van der Waals surface area contributed by atoms with E-state index in [9.17, 15) is 19.5 Å². The molecule has 2 unspecified atom stereocenters. The van der Waals surface area contributed by atoms with Gasteiger partial charge in [-0.05, 0) is 22.3 Å². The molecule has 2 amide bonds. The van der Waals surface area contributed by atoms with Gasteiger partial charge in [-0.25, -0.2) is 9.59 Å². The highest BCUT2D eigenvalue weighted by Crippen LogP contribution is 2.44. The molecule has 1 aliphatic carbocycles. The summed E-state index contributed by atoms with van der Waals surface area (Å²) in [6, 6.07) is 16.0. The molecule has 174 valence electrons. The Balaban J connectivity index is 1.32. The summed E-state index contributed by atoms with van der Waals surface area (Å²) < 4.78 is 10.6. The van der Waals surface area contributed by atoms with E-state index in [-0.39, 0.29) is 38.6 Å². The number of fused-ring (bicyclic) bond motifs is 3. The molecule has 4 rings (SSSR count). The fourth-order valence-electron chi connectivity index (χ4n) is 4.46. The second-order valence-corrected chi connectivity index (χ2v) is 8.28. The Morgan fingerprint density at radius 1 is 1.12 bits per heavy atom. The minimum atomic E-state index is -1.96. The van der Waals surface area contributed by atoms with Crippen LogP contribution < -0.4 is 5.32 Å². The molecule has 9 heteroatoms. The Morgan fingerprint density at radius 2 is 1.73 bits per heavy atom. The van der Waals surface area contributed by atoms with Crippen LogP contribution in [0.3, 0.4) is 0 Å². The number of alkyl carbamates (subject to hydrolysis) is 1. The van der Waals surface area contributed by atoms with Gasteiger partial charge in [0.1, 0.15) is 6.61 Å². The first-order chi connectivity index (χ1) is 15.8. The molecular weight excluding hydrogens is 428 g/mol. The van der Waals surface area contributed by atoms with E-state index in [1.54, 1.807) is 0 Å². The summed E-state index contributed by atoms with van der Waals surface area (Å²) in [6.07, 6.45) is -1.78. The predicted molar refractivity (Wildman–Crippen MR) is 118 cm³/mol. The monoisotopic (exact) mass is 454 g/mol. The molecule has 0 spiro atoms. The maximum absolute atomic E-state index is 12.6.